The van der Waals surface area contributed by atoms with Crippen LogP contribution in [0.2, 0.25) is 0 Å². The molecule has 0 saturated carbocycles. The Morgan fingerprint density at radius 3 is 2.51 bits per heavy atom. The van der Waals surface area contributed by atoms with Crippen LogP contribution < -0.4 is 4.74 Å². The van der Waals surface area contributed by atoms with Crippen LogP contribution >= 0.6 is 0 Å². The lowest BCUT2D eigenvalue weighted by atomic mass is 9.72. The number of hydrogen-bond donors (Lipinski definition) is 4. The fourth-order valence-electron chi connectivity index (χ4n) is 6.62. The molecule has 2 heterocycles. The van der Waals surface area contributed by atoms with Crippen molar-refractivity contribution in [3.63, 3.8) is 0 Å². The zero-order valence-corrected chi connectivity index (χ0v) is 25.2. The van der Waals surface area contributed by atoms with Crippen LogP contribution in [0.3, 0.4) is 0 Å². The second kappa shape index (κ2) is 11.8. The molecule has 45 heavy (non-hydrogen) atoms. The molecular formula is C32H36N2O11. The molecule has 4 N–H and O–H groups in total. The van der Waals surface area contributed by atoms with Crippen LogP contribution in [0.15, 0.2) is 23.2 Å². The molecule has 2 aliphatic heterocycles. The number of ether oxygens (including phenoxy) is 4. The number of benzene rings is 2. The molecule has 0 unspecified atom stereocenters. The first-order valence-electron chi connectivity index (χ1n) is 14.9. The van der Waals surface area contributed by atoms with E-state index in [4.69, 9.17) is 18.9 Å². The molecule has 13 nitrogen and oxygen atoms in total. The van der Waals surface area contributed by atoms with E-state index >= 15 is 0 Å². The van der Waals surface area contributed by atoms with Gasteiger partial charge in [0.25, 0.3) is 0 Å². The summed E-state index contributed by atoms with van der Waals surface area (Å²) in [6.45, 7) is 5.30. The van der Waals surface area contributed by atoms with Gasteiger partial charge in [0.1, 0.15) is 29.0 Å². The monoisotopic (exact) mass is 624 g/mol. The Hall–Kier alpha value is -3.88. The molecule has 0 bridgehead atoms. The quantitative estimate of drug-likeness (QED) is 0.176. The standard InChI is InChI=1S/C32H36N2O11/c1-15-27(36)19(33-14-34-7-9-43-10-8-34)11-22(44-15)45-21-13-32(41,16(2)35)12-18-24(21)31(40)26-25(29(18)38)28(37)17-5-4-6-20(42-3)23(17)30(26)39/h4-6,14-15,19,21-22,27,36,38,40-41H,7-13H2,1-3H3/t15-,19-,21-,22-,27+,32-/m0/s1. The third kappa shape index (κ3) is 5.28. The maximum atomic E-state index is 13.8. The Morgan fingerprint density at radius 2 is 1.82 bits per heavy atom. The number of phenolic OH excluding ortho intramolecular Hbond substituents is 2. The highest BCUT2D eigenvalue weighted by Gasteiger charge is 2.49. The molecule has 240 valence electrons. The number of phenols is 2. The molecule has 0 aromatic heterocycles. The third-order valence-corrected chi connectivity index (χ3v) is 9.19. The number of carbonyl (C=O) groups is 3. The largest absolute Gasteiger partial charge is 0.507 e. The van der Waals surface area contributed by atoms with Crippen molar-refractivity contribution >= 4 is 23.7 Å². The molecule has 4 aliphatic rings. The maximum absolute atomic E-state index is 13.8. The smallest absolute Gasteiger partial charge is 0.202 e. The van der Waals surface area contributed by atoms with Crippen molar-refractivity contribution in [2.45, 2.75) is 69.4 Å². The molecule has 2 fully saturated rings. The summed E-state index contributed by atoms with van der Waals surface area (Å²) in [5, 5.41) is 45.4. The van der Waals surface area contributed by atoms with Crippen LogP contribution in [-0.4, -0.2) is 113 Å². The summed E-state index contributed by atoms with van der Waals surface area (Å²) in [6.07, 6.45) is -2.92. The van der Waals surface area contributed by atoms with Crippen molar-refractivity contribution < 1.29 is 53.8 Å². The van der Waals surface area contributed by atoms with Gasteiger partial charge in [-0.2, -0.15) is 0 Å². The Bertz CT molecular complexity index is 1580. The highest BCUT2D eigenvalue weighted by Crippen LogP contribution is 2.52. The zero-order valence-electron chi connectivity index (χ0n) is 25.2. The van der Waals surface area contributed by atoms with Crippen molar-refractivity contribution in [3.05, 3.63) is 51.6 Å². The number of aliphatic imine (C=N–C) groups is 1. The van der Waals surface area contributed by atoms with Crippen LogP contribution in [0, 0.1) is 0 Å². The van der Waals surface area contributed by atoms with E-state index in [0.717, 1.165) is 0 Å². The average molecular weight is 625 g/mol. The molecule has 0 radical (unpaired) electrons. The number of aliphatic hydroxyl groups is 2. The van der Waals surface area contributed by atoms with Crippen molar-refractivity contribution in [2.75, 3.05) is 33.4 Å². The first-order chi connectivity index (χ1) is 21.4. The summed E-state index contributed by atoms with van der Waals surface area (Å²) in [4.78, 5) is 46.7. The van der Waals surface area contributed by atoms with E-state index in [0.29, 0.717) is 26.3 Å². The first kappa shape index (κ1) is 31.1. The number of ketones is 3. The number of aliphatic hydroxyl groups excluding tert-OH is 1. The zero-order chi connectivity index (χ0) is 32.2. The summed E-state index contributed by atoms with van der Waals surface area (Å²) in [5.41, 5.74) is -3.06. The molecule has 0 spiro atoms. The van der Waals surface area contributed by atoms with Crippen LogP contribution in [0.25, 0.3) is 0 Å². The number of rotatable bonds is 6. The first-order valence-corrected chi connectivity index (χ1v) is 14.9. The fraction of sp³-hybridized carbons (Fsp3) is 0.500. The normalized spacial score (nSPS) is 29.7. The molecule has 0 amide bonds. The highest BCUT2D eigenvalue weighted by atomic mass is 16.7. The van der Waals surface area contributed by atoms with Gasteiger partial charge in [-0.1, -0.05) is 12.1 Å². The number of carbonyl (C=O) groups excluding carboxylic acids is 3. The van der Waals surface area contributed by atoms with Crippen molar-refractivity contribution in [3.8, 4) is 17.2 Å². The number of nitrogens with zero attached hydrogens (tertiary/aromatic N) is 2. The van der Waals surface area contributed by atoms with E-state index in [1.807, 2.05) is 4.90 Å². The molecule has 13 heteroatoms. The van der Waals surface area contributed by atoms with Gasteiger partial charge in [-0.3, -0.25) is 19.4 Å². The molecule has 2 aromatic rings. The molecular weight excluding hydrogens is 588 g/mol. The number of hydrogen-bond acceptors (Lipinski definition) is 12. The number of aromatic hydroxyl groups is 2. The third-order valence-electron chi connectivity index (χ3n) is 9.19. The maximum Gasteiger partial charge on any atom is 0.202 e. The van der Waals surface area contributed by atoms with Crippen LogP contribution in [0.5, 0.6) is 17.2 Å². The lowest BCUT2D eigenvalue weighted by Crippen LogP contribution is -2.49. The van der Waals surface area contributed by atoms with Gasteiger partial charge in [0, 0.05) is 49.0 Å². The van der Waals surface area contributed by atoms with E-state index in [1.165, 1.54) is 32.2 Å². The van der Waals surface area contributed by atoms with Crippen LogP contribution in [0.1, 0.15) is 75.8 Å². The van der Waals surface area contributed by atoms with Crippen LogP contribution in [-0.2, 0) is 25.4 Å². The summed E-state index contributed by atoms with van der Waals surface area (Å²) in [6, 6.07) is 3.84. The average Bonchev–Trinajstić information content (AvgIpc) is 3.02. The predicted octanol–water partition coefficient (Wildman–Crippen LogP) is 1.43. The fourth-order valence-corrected chi connectivity index (χ4v) is 6.62. The molecule has 6 rings (SSSR count). The Kier molecular flexibility index (Phi) is 8.16. The summed E-state index contributed by atoms with van der Waals surface area (Å²) in [7, 11) is 1.35. The van der Waals surface area contributed by atoms with Gasteiger partial charge in [-0.25, -0.2) is 0 Å². The van der Waals surface area contributed by atoms with Crippen molar-refractivity contribution in [1.82, 2.24) is 4.90 Å². The van der Waals surface area contributed by atoms with Crippen LogP contribution in [0.4, 0.5) is 0 Å². The molecule has 2 aromatic carbocycles. The van der Waals surface area contributed by atoms with E-state index < -0.39 is 82.6 Å². The van der Waals surface area contributed by atoms with Crippen molar-refractivity contribution in [2.24, 2.45) is 4.99 Å². The number of methoxy groups -OCH3 is 1. The summed E-state index contributed by atoms with van der Waals surface area (Å²) in [5.74, 6) is -3.17. The lowest BCUT2D eigenvalue weighted by Gasteiger charge is -2.42. The molecule has 6 atom stereocenters. The second-order valence-corrected chi connectivity index (χ2v) is 12.0. The van der Waals surface area contributed by atoms with Gasteiger partial charge in [0.2, 0.25) is 5.78 Å². The topological polar surface area (TPSA) is 185 Å². The second-order valence-electron chi connectivity index (χ2n) is 12.0. The number of morpholine rings is 1. The Balaban J connectivity index is 1.40. The highest BCUT2D eigenvalue weighted by molar-refractivity contribution is 6.31. The van der Waals surface area contributed by atoms with Gasteiger partial charge in [0.05, 0.1) is 61.6 Å². The minimum atomic E-state index is -2.02. The van der Waals surface area contributed by atoms with Gasteiger partial charge < -0.3 is 44.3 Å². The lowest BCUT2D eigenvalue weighted by molar-refractivity contribution is -0.246. The Morgan fingerprint density at radius 1 is 1.11 bits per heavy atom. The Labute approximate surface area is 259 Å². The number of fused-ring (bicyclic) bond motifs is 3. The van der Waals surface area contributed by atoms with E-state index in [2.05, 4.69) is 4.99 Å². The SMILES string of the molecule is COc1cccc2c1C(=O)c1c(O)c3c(c(O)c1C2=O)C[C@@](O)(C(C)=O)C[C@@H]3O[C@H]1C[C@H](N=CN2CCOCC2)[C@H](O)[C@H](C)O1. The van der Waals surface area contributed by atoms with Gasteiger partial charge >= 0.3 is 0 Å². The molecule has 2 saturated heterocycles. The van der Waals surface area contributed by atoms with Gasteiger partial charge in [-0.15, -0.1) is 0 Å². The van der Waals surface area contributed by atoms with Crippen molar-refractivity contribution in [1.29, 1.82) is 0 Å². The minimum Gasteiger partial charge on any atom is -0.507 e. The minimum absolute atomic E-state index is 0.0150. The summed E-state index contributed by atoms with van der Waals surface area (Å²) >= 11 is 0. The summed E-state index contributed by atoms with van der Waals surface area (Å²) < 4.78 is 22.9. The van der Waals surface area contributed by atoms with E-state index in [9.17, 15) is 34.8 Å². The van der Waals surface area contributed by atoms with E-state index in [-0.39, 0.29) is 40.8 Å². The van der Waals surface area contributed by atoms with Gasteiger partial charge in [-0.05, 0) is 19.9 Å². The van der Waals surface area contributed by atoms with E-state index in [1.54, 1.807) is 13.3 Å². The number of Topliss-reactive ketones (excluding diaryl/α,β-unsaturated/α-hetero) is 1. The molecule has 2 aliphatic carbocycles. The predicted molar refractivity (Wildman–Crippen MR) is 157 cm³/mol. The van der Waals surface area contributed by atoms with Gasteiger partial charge in [0.15, 0.2) is 17.9 Å².